The second-order valence-electron chi connectivity index (χ2n) is 11.4. The zero-order chi connectivity index (χ0) is 30.5. The van der Waals surface area contributed by atoms with Crippen LogP contribution in [-0.2, 0) is 0 Å². The lowest BCUT2D eigenvalue weighted by molar-refractivity contribution is 0.669. The van der Waals surface area contributed by atoms with Crippen LogP contribution in [0, 0.1) is 0 Å². The highest BCUT2D eigenvalue weighted by molar-refractivity contribution is 7.25. The van der Waals surface area contributed by atoms with E-state index in [1.807, 2.05) is 23.5 Å². The lowest BCUT2D eigenvalue weighted by Crippen LogP contribution is -2.09. The van der Waals surface area contributed by atoms with Crippen LogP contribution in [0.15, 0.2) is 174 Å². The van der Waals surface area contributed by atoms with E-state index in [0.29, 0.717) is 0 Å². The van der Waals surface area contributed by atoms with Crippen LogP contribution in [0.5, 0.6) is 0 Å². The Balaban J connectivity index is 1.18. The molecular formula is C42H28N2OS. The molecule has 4 heteroatoms. The average Bonchev–Trinajstić information content (AvgIpc) is 3.67. The van der Waals surface area contributed by atoms with Crippen molar-refractivity contribution < 1.29 is 4.42 Å². The Morgan fingerprint density at radius 3 is 1.50 bits per heavy atom. The Morgan fingerprint density at radius 1 is 0.326 bits per heavy atom. The van der Waals surface area contributed by atoms with E-state index >= 15 is 0 Å². The topological polar surface area (TPSA) is 19.6 Å². The number of benzene rings is 7. The van der Waals surface area contributed by atoms with Crippen LogP contribution >= 0.6 is 11.3 Å². The molecule has 0 bridgehead atoms. The van der Waals surface area contributed by atoms with Gasteiger partial charge in [-0.05, 0) is 91.0 Å². The number of fused-ring (bicyclic) bond motifs is 6. The van der Waals surface area contributed by atoms with Crippen molar-refractivity contribution in [3.8, 4) is 0 Å². The lowest BCUT2D eigenvalue weighted by Gasteiger charge is -2.25. The third-order valence-corrected chi connectivity index (χ3v) is 9.77. The second-order valence-corrected chi connectivity index (χ2v) is 12.5. The standard InChI is InChI=1S/C42H28N2OS/c1-4-12-29(13-5-1)43(30-14-6-2-7-15-30)34-20-23-35-37-26-32(21-24-39(37)45-40(35)28-34)44(31-16-8-3-9-17-31)33-22-25-42-38(27-33)36-18-10-11-19-41(36)46-42/h1-28H. The third kappa shape index (κ3) is 4.50. The fourth-order valence-corrected chi connectivity index (χ4v) is 7.60. The molecule has 3 nitrogen and oxygen atoms in total. The zero-order valence-corrected chi connectivity index (χ0v) is 25.7. The van der Waals surface area contributed by atoms with E-state index in [1.54, 1.807) is 0 Å². The summed E-state index contributed by atoms with van der Waals surface area (Å²) in [4.78, 5) is 4.60. The molecule has 0 saturated carbocycles. The molecule has 0 amide bonds. The van der Waals surface area contributed by atoms with Crippen molar-refractivity contribution in [1.82, 2.24) is 0 Å². The predicted molar refractivity (Wildman–Crippen MR) is 196 cm³/mol. The summed E-state index contributed by atoms with van der Waals surface area (Å²) in [6.45, 7) is 0. The van der Waals surface area contributed by atoms with Crippen molar-refractivity contribution in [2.45, 2.75) is 0 Å². The highest BCUT2D eigenvalue weighted by atomic mass is 32.1. The van der Waals surface area contributed by atoms with Crippen molar-refractivity contribution >= 4 is 87.6 Å². The van der Waals surface area contributed by atoms with Crippen LogP contribution in [0.1, 0.15) is 0 Å². The Bertz CT molecular complexity index is 2440. The largest absolute Gasteiger partial charge is 0.456 e. The molecule has 0 N–H and O–H groups in total. The quantitative estimate of drug-likeness (QED) is 0.187. The maximum absolute atomic E-state index is 6.51. The minimum absolute atomic E-state index is 0.860. The van der Waals surface area contributed by atoms with Gasteiger partial charge in [0.05, 0.1) is 0 Å². The maximum Gasteiger partial charge on any atom is 0.137 e. The van der Waals surface area contributed by atoms with Gasteiger partial charge >= 0.3 is 0 Å². The molecule has 218 valence electrons. The van der Waals surface area contributed by atoms with Gasteiger partial charge in [-0.1, -0.05) is 72.8 Å². The Hall–Kier alpha value is -5.84. The number of furan rings is 1. The third-order valence-electron chi connectivity index (χ3n) is 8.62. The Labute approximate surface area is 270 Å². The van der Waals surface area contributed by atoms with Crippen molar-refractivity contribution in [3.05, 3.63) is 170 Å². The minimum atomic E-state index is 0.860. The van der Waals surface area contributed by atoms with Crippen LogP contribution in [0.3, 0.4) is 0 Å². The van der Waals surface area contributed by atoms with E-state index in [1.165, 1.54) is 20.2 Å². The van der Waals surface area contributed by atoms with E-state index in [2.05, 4.69) is 168 Å². The van der Waals surface area contributed by atoms with Gasteiger partial charge in [-0.2, -0.15) is 0 Å². The second kappa shape index (κ2) is 11.0. The highest BCUT2D eigenvalue weighted by Gasteiger charge is 2.18. The predicted octanol–water partition coefficient (Wildman–Crippen LogP) is 12.9. The molecule has 7 aromatic carbocycles. The van der Waals surface area contributed by atoms with Gasteiger partial charge in [0.1, 0.15) is 11.2 Å². The fourth-order valence-electron chi connectivity index (χ4n) is 6.51. The smallest absolute Gasteiger partial charge is 0.137 e. The van der Waals surface area contributed by atoms with Gasteiger partial charge in [-0.3, -0.25) is 0 Å². The number of rotatable bonds is 6. The summed E-state index contributed by atoms with van der Waals surface area (Å²) >= 11 is 1.84. The molecule has 2 heterocycles. The molecule has 2 aromatic heterocycles. The molecule has 0 aliphatic carbocycles. The van der Waals surface area contributed by atoms with Gasteiger partial charge in [0.15, 0.2) is 0 Å². The highest BCUT2D eigenvalue weighted by Crippen LogP contribution is 2.43. The van der Waals surface area contributed by atoms with Crippen LogP contribution in [0.4, 0.5) is 34.1 Å². The fraction of sp³-hybridized carbons (Fsp3) is 0. The average molecular weight is 609 g/mol. The number of nitrogens with zero attached hydrogens (tertiary/aromatic N) is 2. The first-order valence-corrected chi connectivity index (χ1v) is 16.2. The number of thiophene rings is 1. The van der Waals surface area contributed by atoms with Gasteiger partial charge in [-0.25, -0.2) is 0 Å². The number of hydrogen-bond donors (Lipinski definition) is 0. The first kappa shape index (κ1) is 26.6. The molecule has 9 aromatic rings. The summed E-state index contributed by atoms with van der Waals surface area (Å²) < 4.78 is 9.12. The number of hydrogen-bond acceptors (Lipinski definition) is 4. The van der Waals surface area contributed by atoms with Crippen LogP contribution in [0.25, 0.3) is 42.1 Å². The van der Waals surface area contributed by atoms with E-state index in [0.717, 1.165) is 56.1 Å². The molecule has 0 saturated heterocycles. The first-order valence-electron chi connectivity index (χ1n) is 15.4. The van der Waals surface area contributed by atoms with Gasteiger partial charge in [0, 0.05) is 71.1 Å². The zero-order valence-electron chi connectivity index (χ0n) is 24.9. The number of anilines is 6. The molecule has 0 atom stereocenters. The SMILES string of the molecule is c1ccc(N(c2ccccc2)c2ccc3c(c2)oc2ccc(N(c4ccccc4)c4ccc5sc6ccccc6c5c4)cc23)cc1. The molecule has 0 aliphatic heterocycles. The van der Waals surface area contributed by atoms with Crippen molar-refractivity contribution in [3.63, 3.8) is 0 Å². The summed E-state index contributed by atoms with van der Waals surface area (Å²) in [5.74, 6) is 0. The van der Waals surface area contributed by atoms with Gasteiger partial charge in [0.25, 0.3) is 0 Å². The molecule has 0 fully saturated rings. The molecule has 9 rings (SSSR count). The normalized spacial score (nSPS) is 11.5. The van der Waals surface area contributed by atoms with E-state index in [-0.39, 0.29) is 0 Å². The molecule has 0 unspecified atom stereocenters. The minimum Gasteiger partial charge on any atom is -0.456 e. The van der Waals surface area contributed by atoms with Crippen molar-refractivity contribution in [2.75, 3.05) is 9.80 Å². The van der Waals surface area contributed by atoms with Gasteiger partial charge in [0.2, 0.25) is 0 Å². The van der Waals surface area contributed by atoms with Gasteiger partial charge < -0.3 is 14.2 Å². The molecule has 0 radical (unpaired) electrons. The van der Waals surface area contributed by atoms with Crippen LogP contribution < -0.4 is 9.80 Å². The summed E-state index contributed by atoms with van der Waals surface area (Å²) in [5, 5.41) is 4.76. The summed E-state index contributed by atoms with van der Waals surface area (Å²) in [6, 6.07) is 60.1. The van der Waals surface area contributed by atoms with Gasteiger partial charge in [-0.15, -0.1) is 11.3 Å². The molecule has 0 aliphatic rings. The van der Waals surface area contributed by atoms with Crippen LogP contribution in [-0.4, -0.2) is 0 Å². The number of para-hydroxylation sites is 3. The first-order chi connectivity index (χ1) is 22.8. The molecular weight excluding hydrogens is 581 g/mol. The summed E-state index contributed by atoms with van der Waals surface area (Å²) in [5.41, 5.74) is 8.29. The molecule has 46 heavy (non-hydrogen) atoms. The van der Waals surface area contributed by atoms with Crippen molar-refractivity contribution in [2.24, 2.45) is 0 Å². The van der Waals surface area contributed by atoms with Crippen LogP contribution in [0.2, 0.25) is 0 Å². The van der Waals surface area contributed by atoms with Crippen molar-refractivity contribution in [1.29, 1.82) is 0 Å². The summed E-state index contributed by atoms with van der Waals surface area (Å²) in [6.07, 6.45) is 0. The summed E-state index contributed by atoms with van der Waals surface area (Å²) in [7, 11) is 0. The molecule has 0 spiro atoms. The van der Waals surface area contributed by atoms with E-state index < -0.39 is 0 Å². The van der Waals surface area contributed by atoms with E-state index in [4.69, 9.17) is 4.42 Å². The lowest BCUT2D eigenvalue weighted by atomic mass is 10.1. The Morgan fingerprint density at radius 2 is 0.826 bits per heavy atom. The monoisotopic (exact) mass is 608 g/mol. The van der Waals surface area contributed by atoms with E-state index in [9.17, 15) is 0 Å². The Kier molecular flexibility index (Phi) is 6.32. The maximum atomic E-state index is 6.51.